The average Bonchev–Trinajstić information content (AvgIpc) is 2.65. The third kappa shape index (κ3) is 3.44. The minimum Gasteiger partial charge on any atom is -0.327 e. The van der Waals surface area contributed by atoms with Gasteiger partial charge in [0.1, 0.15) is 0 Å². The Morgan fingerprint density at radius 1 is 1.06 bits per heavy atom. The molecule has 0 atom stereocenters. The van der Waals surface area contributed by atoms with Gasteiger partial charge in [-0.05, 0) is 29.9 Å². The predicted molar refractivity (Wildman–Crippen MR) is 75.0 cm³/mol. The average molecular weight is 229 g/mol. The molecule has 0 spiro atoms. The Morgan fingerprint density at radius 3 is 2.47 bits per heavy atom. The van der Waals surface area contributed by atoms with Crippen molar-refractivity contribution >= 4 is 6.08 Å². The normalized spacial score (nSPS) is 18.4. The van der Waals surface area contributed by atoms with Gasteiger partial charge in [0, 0.05) is 6.54 Å². The molecule has 0 unspecified atom stereocenters. The summed E-state index contributed by atoms with van der Waals surface area (Å²) in [5.41, 5.74) is 8.44. The topological polar surface area (TPSA) is 26.0 Å². The summed E-state index contributed by atoms with van der Waals surface area (Å²) >= 11 is 0. The van der Waals surface area contributed by atoms with Crippen molar-refractivity contribution in [3.8, 4) is 0 Å². The van der Waals surface area contributed by atoms with Crippen LogP contribution in [0.4, 0.5) is 0 Å². The maximum atomic E-state index is 5.54. The molecule has 1 aliphatic carbocycles. The largest absolute Gasteiger partial charge is 0.327 e. The Morgan fingerprint density at radius 2 is 1.76 bits per heavy atom. The van der Waals surface area contributed by atoms with Crippen LogP contribution < -0.4 is 5.73 Å². The Kier molecular flexibility index (Phi) is 4.81. The summed E-state index contributed by atoms with van der Waals surface area (Å²) in [7, 11) is 0. The summed E-state index contributed by atoms with van der Waals surface area (Å²) in [6.45, 7) is 0.624. The summed E-state index contributed by atoms with van der Waals surface area (Å²) in [5.74, 6) is 0.760. The van der Waals surface area contributed by atoms with Gasteiger partial charge >= 0.3 is 0 Å². The van der Waals surface area contributed by atoms with E-state index in [0.29, 0.717) is 6.54 Å². The van der Waals surface area contributed by atoms with Gasteiger partial charge in [-0.1, -0.05) is 62.1 Å². The quantitative estimate of drug-likeness (QED) is 0.776. The highest BCUT2D eigenvalue weighted by Crippen LogP contribution is 2.33. The molecule has 1 saturated carbocycles. The van der Waals surface area contributed by atoms with Crippen LogP contribution in [-0.4, -0.2) is 6.54 Å². The van der Waals surface area contributed by atoms with Crippen molar-refractivity contribution in [2.24, 2.45) is 5.73 Å². The molecule has 1 aliphatic rings. The van der Waals surface area contributed by atoms with E-state index in [-0.39, 0.29) is 0 Å². The van der Waals surface area contributed by atoms with Gasteiger partial charge in [0.2, 0.25) is 0 Å². The van der Waals surface area contributed by atoms with Gasteiger partial charge in [0.15, 0.2) is 0 Å². The van der Waals surface area contributed by atoms with E-state index in [0.717, 1.165) is 5.92 Å². The van der Waals surface area contributed by atoms with E-state index in [4.69, 9.17) is 5.73 Å². The second-order valence-corrected chi connectivity index (χ2v) is 4.96. The highest BCUT2D eigenvalue weighted by Gasteiger charge is 2.15. The van der Waals surface area contributed by atoms with Crippen LogP contribution in [0, 0.1) is 0 Å². The van der Waals surface area contributed by atoms with Crippen LogP contribution in [0.2, 0.25) is 0 Å². The molecule has 0 aromatic heterocycles. The summed E-state index contributed by atoms with van der Waals surface area (Å²) in [4.78, 5) is 0. The highest BCUT2D eigenvalue weighted by atomic mass is 14.5. The zero-order chi connectivity index (χ0) is 11.9. The van der Waals surface area contributed by atoms with Crippen LogP contribution in [0.5, 0.6) is 0 Å². The van der Waals surface area contributed by atoms with Gasteiger partial charge in [0.25, 0.3) is 0 Å². The van der Waals surface area contributed by atoms with E-state index in [9.17, 15) is 0 Å². The Hall–Kier alpha value is -1.08. The first-order valence-electron chi connectivity index (χ1n) is 6.87. The lowest BCUT2D eigenvalue weighted by atomic mass is 9.88. The number of rotatable bonds is 3. The van der Waals surface area contributed by atoms with Crippen molar-refractivity contribution in [2.75, 3.05) is 6.54 Å². The van der Waals surface area contributed by atoms with E-state index in [1.54, 1.807) is 0 Å². The first kappa shape index (κ1) is 12.4. The molecular formula is C16H23N. The molecule has 0 bridgehead atoms. The van der Waals surface area contributed by atoms with Gasteiger partial charge in [0.05, 0.1) is 0 Å². The third-order valence-corrected chi connectivity index (χ3v) is 3.72. The molecule has 2 rings (SSSR count). The van der Waals surface area contributed by atoms with Crippen LogP contribution in [0.25, 0.3) is 6.08 Å². The standard InChI is InChI=1S/C16H23N/c17-13-7-11-15-10-5-6-12-16(15)14-8-3-1-2-4-9-14/h5-7,10-12,14H,1-4,8-9,13,17H2/b11-7+. The van der Waals surface area contributed by atoms with Gasteiger partial charge < -0.3 is 5.73 Å². The molecule has 0 heterocycles. The van der Waals surface area contributed by atoms with Crippen molar-refractivity contribution in [3.05, 3.63) is 41.5 Å². The fraction of sp³-hybridized carbons (Fsp3) is 0.500. The summed E-state index contributed by atoms with van der Waals surface area (Å²) in [6, 6.07) is 8.80. The fourth-order valence-electron chi connectivity index (χ4n) is 2.82. The molecular weight excluding hydrogens is 206 g/mol. The molecule has 1 aromatic rings. The van der Waals surface area contributed by atoms with Crippen LogP contribution in [0.1, 0.15) is 55.6 Å². The van der Waals surface area contributed by atoms with Gasteiger partial charge in [-0.15, -0.1) is 0 Å². The smallest absolute Gasteiger partial charge is 0.0110 e. The van der Waals surface area contributed by atoms with Crippen LogP contribution in [0.15, 0.2) is 30.3 Å². The molecule has 2 N–H and O–H groups in total. The third-order valence-electron chi connectivity index (χ3n) is 3.72. The van der Waals surface area contributed by atoms with Crippen molar-refractivity contribution in [3.63, 3.8) is 0 Å². The van der Waals surface area contributed by atoms with Crippen molar-refractivity contribution in [2.45, 2.75) is 44.4 Å². The molecule has 0 aliphatic heterocycles. The van der Waals surface area contributed by atoms with E-state index < -0.39 is 0 Å². The Bertz CT molecular complexity index is 360. The molecule has 0 amide bonds. The van der Waals surface area contributed by atoms with E-state index in [1.165, 1.54) is 49.7 Å². The van der Waals surface area contributed by atoms with Crippen molar-refractivity contribution in [1.29, 1.82) is 0 Å². The number of nitrogens with two attached hydrogens (primary N) is 1. The minimum atomic E-state index is 0.624. The van der Waals surface area contributed by atoms with Crippen LogP contribution in [-0.2, 0) is 0 Å². The highest BCUT2D eigenvalue weighted by molar-refractivity contribution is 5.55. The maximum Gasteiger partial charge on any atom is 0.0110 e. The van der Waals surface area contributed by atoms with Crippen LogP contribution >= 0.6 is 0 Å². The molecule has 0 saturated heterocycles. The number of hydrogen-bond donors (Lipinski definition) is 1. The molecule has 1 fully saturated rings. The van der Waals surface area contributed by atoms with E-state index >= 15 is 0 Å². The van der Waals surface area contributed by atoms with Crippen LogP contribution in [0.3, 0.4) is 0 Å². The summed E-state index contributed by atoms with van der Waals surface area (Å²) in [5, 5.41) is 0. The van der Waals surface area contributed by atoms with Gasteiger partial charge in [-0.25, -0.2) is 0 Å². The molecule has 1 nitrogen and oxygen atoms in total. The lowest BCUT2D eigenvalue weighted by Gasteiger charge is -2.17. The molecule has 0 radical (unpaired) electrons. The maximum absolute atomic E-state index is 5.54. The SMILES string of the molecule is NC/C=C/c1ccccc1C1CCCCCC1. The van der Waals surface area contributed by atoms with Crippen molar-refractivity contribution in [1.82, 2.24) is 0 Å². The first-order chi connectivity index (χ1) is 8.42. The number of benzene rings is 1. The van der Waals surface area contributed by atoms with Crippen molar-refractivity contribution < 1.29 is 0 Å². The number of hydrogen-bond acceptors (Lipinski definition) is 1. The lowest BCUT2D eigenvalue weighted by molar-refractivity contribution is 0.592. The van der Waals surface area contributed by atoms with Gasteiger partial charge in [-0.2, -0.15) is 0 Å². The zero-order valence-corrected chi connectivity index (χ0v) is 10.6. The Labute approximate surface area is 105 Å². The Balaban J connectivity index is 2.20. The summed E-state index contributed by atoms with van der Waals surface area (Å²) in [6.07, 6.45) is 12.5. The monoisotopic (exact) mass is 229 g/mol. The summed E-state index contributed by atoms with van der Waals surface area (Å²) < 4.78 is 0. The second kappa shape index (κ2) is 6.61. The molecule has 1 heteroatoms. The second-order valence-electron chi connectivity index (χ2n) is 4.96. The minimum absolute atomic E-state index is 0.624. The van der Waals surface area contributed by atoms with Gasteiger partial charge in [-0.3, -0.25) is 0 Å². The first-order valence-corrected chi connectivity index (χ1v) is 6.87. The van der Waals surface area contributed by atoms with E-state index in [2.05, 4.69) is 36.4 Å². The molecule has 1 aromatic carbocycles. The molecule has 92 valence electrons. The zero-order valence-electron chi connectivity index (χ0n) is 10.6. The van der Waals surface area contributed by atoms with E-state index in [1.807, 2.05) is 0 Å². The fourth-order valence-corrected chi connectivity index (χ4v) is 2.82. The predicted octanol–water partition coefficient (Wildman–Crippen LogP) is 4.10. The lowest BCUT2D eigenvalue weighted by Crippen LogP contribution is -2.00. The molecule has 17 heavy (non-hydrogen) atoms.